The zero-order valence-corrected chi connectivity index (χ0v) is 12.9. The highest BCUT2D eigenvalue weighted by atomic mass is 32.2. The van der Waals surface area contributed by atoms with Crippen LogP contribution in [0.2, 0.25) is 0 Å². The van der Waals surface area contributed by atoms with E-state index in [0.29, 0.717) is 26.2 Å². The molecule has 7 heteroatoms. The molecule has 0 saturated carbocycles. The molecule has 0 unspecified atom stereocenters. The molecule has 1 aromatic heterocycles. The summed E-state index contributed by atoms with van der Waals surface area (Å²) in [5, 5.41) is 0. The van der Waals surface area contributed by atoms with Crippen molar-refractivity contribution in [1.82, 2.24) is 14.2 Å². The average molecular weight is 299 g/mol. The van der Waals surface area contributed by atoms with Crippen molar-refractivity contribution in [3.05, 3.63) is 28.7 Å². The molecule has 0 aliphatic carbocycles. The second-order valence-corrected chi connectivity index (χ2v) is 7.89. The van der Waals surface area contributed by atoms with Crippen LogP contribution in [0.4, 0.5) is 0 Å². The van der Waals surface area contributed by atoms with E-state index >= 15 is 0 Å². The molecule has 112 valence electrons. The summed E-state index contributed by atoms with van der Waals surface area (Å²) < 4.78 is 26.4. The quantitative estimate of drug-likeness (QED) is 0.862. The molecule has 0 spiro atoms. The van der Waals surface area contributed by atoms with Crippen LogP contribution in [0.5, 0.6) is 0 Å². The summed E-state index contributed by atoms with van der Waals surface area (Å²) in [5.74, 6) is 0. The van der Waals surface area contributed by atoms with Gasteiger partial charge in [0.25, 0.3) is 0 Å². The summed E-state index contributed by atoms with van der Waals surface area (Å²) in [4.78, 5) is 15.8. The fourth-order valence-corrected chi connectivity index (χ4v) is 3.70. The number of aromatic nitrogens is 1. The first kappa shape index (κ1) is 15.2. The fourth-order valence-electron chi connectivity index (χ4n) is 2.31. The van der Waals surface area contributed by atoms with Crippen LogP contribution in [0.25, 0.3) is 0 Å². The molecular weight excluding hydrogens is 278 g/mol. The molecule has 0 aromatic carbocycles. The summed E-state index contributed by atoms with van der Waals surface area (Å²) in [6.45, 7) is 8.74. The van der Waals surface area contributed by atoms with Crippen LogP contribution in [-0.2, 0) is 10.0 Å². The molecule has 20 heavy (non-hydrogen) atoms. The van der Waals surface area contributed by atoms with E-state index in [0.717, 1.165) is 0 Å². The van der Waals surface area contributed by atoms with Gasteiger partial charge >= 0.3 is 0 Å². The van der Waals surface area contributed by atoms with Gasteiger partial charge in [-0.2, -0.15) is 4.31 Å². The van der Waals surface area contributed by atoms with Crippen molar-refractivity contribution in [2.45, 2.75) is 31.2 Å². The summed E-state index contributed by atoms with van der Waals surface area (Å²) >= 11 is 0. The Morgan fingerprint density at radius 3 is 2.15 bits per heavy atom. The Balaban J connectivity index is 2.13. The van der Waals surface area contributed by atoms with Crippen molar-refractivity contribution < 1.29 is 8.42 Å². The Morgan fingerprint density at radius 2 is 1.70 bits per heavy atom. The number of hydrogen-bond acceptors (Lipinski definition) is 4. The first-order valence-corrected chi connectivity index (χ1v) is 8.09. The lowest BCUT2D eigenvalue weighted by molar-refractivity contribution is 0.0922. The predicted octanol–water partition coefficient (Wildman–Crippen LogP) is 0.480. The maximum atomic E-state index is 12.4. The third-order valence-electron chi connectivity index (χ3n) is 3.58. The van der Waals surface area contributed by atoms with Gasteiger partial charge in [0.05, 0.1) is 4.90 Å². The maximum Gasteiger partial charge on any atom is 0.247 e. The van der Waals surface area contributed by atoms with Gasteiger partial charge in [-0.3, -0.25) is 9.69 Å². The maximum absolute atomic E-state index is 12.4. The van der Waals surface area contributed by atoms with Gasteiger partial charge < -0.3 is 4.98 Å². The molecule has 1 fully saturated rings. The molecule has 0 bridgehead atoms. The SMILES string of the molecule is CC(C)(C)N1CCN(S(=O)(=O)c2ccc(=O)[nH]c2)CC1. The van der Waals surface area contributed by atoms with Crippen molar-refractivity contribution in [3.63, 3.8) is 0 Å². The van der Waals surface area contributed by atoms with E-state index in [1.165, 1.54) is 22.6 Å². The van der Waals surface area contributed by atoms with Crippen molar-refractivity contribution in [1.29, 1.82) is 0 Å². The molecule has 2 rings (SSSR count). The molecule has 1 aliphatic heterocycles. The summed E-state index contributed by atoms with van der Waals surface area (Å²) in [5.41, 5.74) is -0.255. The normalized spacial score (nSPS) is 19.1. The van der Waals surface area contributed by atoms with Crippen LogP contribution in [0.3, 0.4) is 0 Å². The van der Waals surface area contributed by atoms with Gasteiger partial charge in [-0.15, -0.1) is 0 Å². The summed E-state index contributed by atoms with van der Waals surface area (Å²) in [7, 11) is -3.51. The summed E-state index contributed by atoms with van der Waals surface area (Å²) in [6, 6.07) is 2.59. The molecule has 1 aliphatic rings. The van der Waals surface area contributed by atoms with Crippen LogP contribution in [0.1, 0.15) is 20.8 Å². The summed E-state index contributed by atoms with van der Waals surface area (Å²) in [6.07, 6.45) is 1.26. The number of nitrogens with zero attached hydrogens (tertiary/aromatic N) is 2. The number of nitrogens with one attached hydrogen (secondary N) is 1. The van der Waals surface area contributed by atoms with Crippen LogP contribution >= 0.6 is 0 Å². The smallest absolute Gasteiger partial charge is 0.247 e. The number of aromatic amines is 1. The second kappa shape index (κ2) is 5.31. The highest BCUT2D eigenvalue weighted by molar-refractivity contribution is 7.89. The lowest BCUT2D eigenvalue weighted by atomic mass is 10.1. The molecule has 0 radical (unpaired) electrons. The minimum absolute atomic E-state index is 0.0494. The highest BCUT2D eigenvalue weighted by Crippen LogP contribution is 2.20. The van der Waals surface area contributed by atoms with Crippen molar-refractivity contribution in [3.8, 4) is 0 Å². The minimum atomic E-state index is -3.51. The van der Waals surface area contributed by atoms with Crippen molar-refractivity contribution >= 4 is 10.0 Å². The third-order valence-corrected chi connectivity index (χ3v) is 5.48. The number of hydrogen-bond donors (Lipinski definition) is 1. The Bertz CT molecular complexity index is 603. The second-order valence-electron chi connectivity index (χ2n) is 5.95. The average Bonchev–Trinajstić information content (AvgIpc) is 2.38. The number of sulfonamides is 1. The number of pyridine rings is 1. The van der Waals surface area contributed by atoms with E-state index in [2.05, 4.69) is 30.7 Å². The monoisotopic (exact) mass is 299 g/mol. The van der Waals surface area contributed by atoms with Crippen LogP contribution < -0.4 is 5.56 Å². The molecule has 6 nitrogen and oxygen atoms in total. The van der Waals surface area contributed by atoms with E-state index < -0.39 is 10.0 Å². The largest absolute Gasteiger partial charge is 0.328 e. The third kappa shape index (κ3) is 3.11. The van der Waals surface area contributed by atoms with E-state index in [4.69, 9.17) is 0 Å². The van der Waals surface area contributed by atoms with Crippen LogP contribution in [0.15, 0.2) is 28.0 Å². The van der Waals surface area contributed by atoms with Gasteiger partial charge in [0.15, 0.2) is 0 Å². The highest BCUT2D eigenvalue weighted by Gasteiger charge is 2.32. The van der Waals surface area contributed by atoms with E-state index in [1.54, 1.807) is 0 Å². The van der Waals surface area contributed by atoms with E-state index in [9.17, 15) is 13.2 Å². The molecule has 0 atom stereocenters. The molecule has 1 N–H and O–H groups in total. The fraction of sp³-hybridized carbons (Fsp3) is 0.615. The van der Waals surface area contributed by atoms with Crippen molar-refractivity contribution in [2.75, 3.05) is 26.2 Å². The van der Waals surface area contributed by atoms with Crippen LogP contribution in [0, 0.1) is 0 Å². The van der Waals surface area contributed by atoms with Gasteiger partial charge in [0.1, 0.15) is 0 Å². The predicted molar refractivity (Wildman–Crippen MR) is 77.1 cm³/mol. The molecular formula is C13H21N3O3S. The van der Waals surface area contributed by atoms with Gasteiger partial charge in [-0.05, 0) is 26.8 Å². The van der Waals surface area contributed by atoms with E-state index in [1.807, 2.05) is 0 Å². The number of H-pyrrole nitrogens is 1. The molecule has 0 amide bonds. The van der Waals surface area contributed by atoms with Gasteiger partial charge in [-0.25, -0.2) is 8.42 Å². The minimum Gasteiger partial charge on any atom is -0.328 e. The van der Waals surface area contributed by atoms with Gasteiger partial charge in [-0.1, -0.05) is 0 Å². The molecule has 1 aromatic rings. The Kier molecular flexibility index (Phi) is 4.04. The Hall–Kier alpha value is -1.18. The first-order valence-electron chi connectivity index (χ1n) is 6.65. The van der Waals surface area contributed by atoms with Crippen molar-refractivity contribution in [2.24, 2.45) is 0 Å². The van der Waals surface area contributed by atoms with Gasteiger partial charge in [0.2, 0.25) is 15.6 Å². The zero-order chi connectivity index (χ0) is 15.0. The zero-order valence-electron chi connectivity index (χ0n) is 12.1. The Morgan fingerprint density at radius 1 is 1.10 bits per heavy atom. The lowest BCUT2D eigenvalue weighted by Crippen LogP contribution is -2.54. The number of rotatable bonds is 2. The molecule has 2 heterocycles. The topological polar surface area (TPSA) is 73.5 Å². The number of piperazine rings is 1. The van der Waals surface area contributed by atoms with Gasteiger partial charge in [0, 0.05) is 44.0 Å². The molecule has 1 saturated heterocycles. The van der Waals surface area contributed by atoms with E-state index in [-0.39, 0.29) is 16.0 Å². The van der Waals surface area contributed by atoms with Crippen LogP contribution in [-0.4, -0.2) is 54.3 Å². The standard InChI is InChI=1S/C13H21N3O3S/c1-13(2,3)15-6-8-16(9-7-15)20(18,19)11-4-5-12(17)14-10-11/h4-5,10H,6-9H2,1-3H3,(H,14,17). The Labute approximate surface area is 119 Å². The first-order chi connectivity index (χ1) is 9.21. The lowest BCUT2D eigenvalue weighted by Gasteiger charge is -2.41.